The van der Waals surface area contributed by atoms with Crippen molar-refractivity contribution in [1.29, 1.82) is 0 Å². The quantitative estimate of drug-likeness (QED) is 0.893. The molecule has 1 atom stereocenters. The van der Waals surface area contributed by atoms with Crippen LogP contribution in [0.25, 0.3) is 0 Å². The predicted molar refractivity (Wildman–Crippen MR) is 93.5 cm³/mol. The number of aliphatic hydroxyl groups is 1. The van der Waals surface area contributed by atoms with Gasteiger partial charge in [0.15, 0.2) is 5.60 Å². The van der Waals surface area contributed by atoms with Crippen LogP contribution in [0.1, 0.15) is 16.7 Å². The van der Waals surface area contributed by atoms with Gasteiger partial charge in [-0.3, -0.25) is 4.79 Å². The van der Waals surface area contributed by atoms with Crippen molar-refractivity contribution in [3.05, 3.63) is 58.1 Å². The van der Waals surface area contributed by atoms with Gasteiger partial charge in [0.2, 0.25) is 0 Å². The minimum atomic E-state index is -1.84. The lowest BCUT2D eigenvalue weighted by atomic mass is 9.86. The molecule has 1 aliphatic rings. The standard InChI is InChI=1S/C18H19ClN2O3/c1-21(2)10-11-4-7-16(24-3)14(8-11)18(23)13-9-12(19)5-6-15(13)20-17(18)22/h4-9,23H,10H2,1-3H3,(H,20,22). The Hall–Kier alpha value is -2.08. The largest absolute Gasteiger partial charge is 0.496 e. The first-order chi connectivity index (χ1) is 11.4. The molecular formula is C18H19ClN2O3. The number of carbonyl (C=O) groups is 1. The number of hydrogen-bond acceptors (Lipinski definition) is 4. The number of carbonyl (C=O) groups excluding carboxylic acids is 1. The number of amides is 1. The Morgan fingerprint density at radius 2 is 1.96 bits per heavy atom. The van der Waals surface area contributed by atoms with Crippen LogP contribution in [0.3, 0.4) is 0 Å². The van der Waals surface area contributed by atoms with Crippen LogP contribution in [0, 0.1) is 0 Å². The summed E-state index contributed by atoms with van der Waals surface area (Å²) in [4.78, 5) is 14.6. The first kappa shape index (κ1) is 16.8. The fourth-order valence-electron chi connectivity index (χ4n) is 3.03. The average molecular weight is 347 g/mol. The van der Waals surface area contributed by atoms with Crippen molar-refractivity contribution in [2.75, 3.05) is 26.5 Å². The fourth-order valence-corrected chi connectivity index (χ4v) is 3.20. The molecule has 2 N–H and O–H groups in total. The molecule has 1 aliphatic heterocycles. The maximum Gasteiger partial charge on any atom is 0.266 e. The van der Waals surface area contributed by atoms with Crippen molar-refractivity contribution in [3.8, 4) is 5.75 Å². The predicted octanol–water partition coefficient (Wildman–Crippen LogP) is 2.60. The van der Waals surface area contributed by atoms with Gasteiger partial charge in [-0.15, -0.1) is 0 Å². The van der Waals surface area contributed by atoms with Crippen LogP contribution >= 0.6 is 11.6 Å². The van der Waals surface area contributed by atoms with Crippen LogP contribution in [0.5, 0.6) is 5.75 Å². The van der Waals surface area contributed by atoms with Crippen molar-refractivity contribution in [2.45, 2.75) is 12.1 Å². The summed E-state index contributed by atoms with van der Waals surface area (Å²) in [5, 5.41) is 14.5. The van der Waals surface area contributed by atoms with E-state index in [2.05, 4.69) is 5.32 Å². The lowest BCUT2D eigenvalue weighted by molar-refractivity contribution is -0.129. The number of nitrogens with one attached hydrogen (secondary N) is 1. The molecule has 5 nitrogen and oxygen atoms in total. The highest BCUT2D eigenvalue weighted by Crippen LogP contribution is 2.45. The van der Waals surface area contributed by atoms with Crippen LogP contribution in [0.4, 0.5) is 5.69 Å². The second-order valence-corrected chi connectivity index (χ2v) is 6.56. The molecule has 126 valence electrons. The van der Waals surface area contributed by atoms with Crippen molar-refractivity contribution in [3.63, 3.8) is 0 Å². The first-order valence-electron chi connectivity index (χ1n) is 7.52. The number of ether oxygens (including phenoxy) is 1. The summed E-state index contributed by atoms with van der Waals surface area (Å²) in [5.74, 6) is -0.0666. The summed E-state index contributed by atoms with van der Waals surface area (Å²) in [5.41, 5.74) is 0.510. The summed E-state index contributed by atoms with van der Waals surface area (Å²) < 4.78 is 5.39. The van der Waals surface area contributed by atoms with Gasteiger partial charge in [0.05, 0.1) is 7.11 Å². The molecule has 2 aromatic rings. The number of anilines is 1. The smallest absolute Gasteiger partial charge is 0.266 e. The van der Waals surface area contributed by atoms with E-state index >= 15 is 0 Å². The second-order valence-electron chi connectivity index (χ2n) is 6.13. The Morgan fingerprint density at radius 1 is 1.21 bits per heavy atom. The fraction of sp³-hybridized carbons (Fsp3) is 0.278. The Balaban J connectivity index is 2.20. The second kappa shape index (κ2) is 6.09. The number of rotatable bonds is 4. The van der Waals surface area contributed by atoms with Crippen LogP contribution in [-0.4, -0.2) is 37.1 Å². The molecule has 0 saturated carbocycles. The van der Waals surface area contributed by atoms with E-state index in [-0.39, 0.29) is 0 Å². The summed E-state index contributed by atoms with van der Waals surface area (Å²) in [6, 6.07) is 10.4. The summed E-state index contributed by atoms with van der Waals surface area (Å²) in [6.07, 6.45) is 0. The van der Waals surface area contributed by atoms with Gasteiger partial charge in [0, 0.05) is 28.4 Å². The number of methoxy groups -OCH3 is 1. The molecule has 0 bridgehead atoms. The topological polar surface area (TPSA) is 61.8 Å². The number of benzene rings is 2. The number of halogens is 1. The SMILES string of the molecule is COc1ccc(CN(C)C)cc1C1(O)C(=O)Nc2ccc(Cl)cc21. The zero-order chi connectivity index (χ0) is 17.5. The molecule has 0 fully saturated rings. The average Bonchev–Trinajstić information content (AvgIpc) is 2.79. The number of fused-ring (bicyclic) bond motifs is 1. The van der Waals surface area contributed by atoms with Crippen molar-refractivity contribution in [2.24, 2.45) is 0 Å². The highest BCUT2D eigenvalue weighted by Gasteiger charge is 2.48. The van der Waals surface area contributed by atoms with Gasteiger partial charge in [0.25, 0.3) is 5.91 Å². The Kier molecular flexibility index (Phi) is 4.25. The third-order valence-electron chi connectivity index (χ3n) is 4.10. The lowest BCUT2D eigenvalue weighted by Gasteiger charge is -2.25. The molecule has 0 radical (unpaired) electrons. The van der Waals surface area contributed by atoms with E-state index in [0.717, 1.165) is 5.56 Å². The van der Waals surface area contributed by atoms with Gasteiger partial charge in [-0.05, 0) is 50.0 Å². The lowest BCUT2D eigenvalue weighted by Crippen LogP contribution is -2.36. The van der Waals surface area contributed by atoms with Crippen LogP contribution in [-0.2, 0) is 16.9 Å². The molecule has 2 aromatic carbocycles. The first-order valence-corrected chi connectivity index (χ1v) is 7.90. The summed E-state index contributed by atoms with van der Waals surface area (Å²) in [7, 11) is 5.42. The van der Waals surface area contributed by atoms with E-state index < -0.39 is 11.5 Å². The van der Waals surface area contributed by atoms with Crippen molar-refractivity contribution < 1.29 is 14.6 Å². The van der Waals surface area contributed by atoms with Crippen molar-refractivity contribution >= 4 is 23.2 Å². The summed E-state index contributed by atoms with van der Waals surface area (Å²) in [6.45, 7) is 0.678. The Labute approximate surface area is 145 Å². The van der Waals surface area contributed by atoms with E-state index in [1.165, 1.54) is 7.11 Å². The Bertz CT molecular complexity index is 807. The highest BCUT2D eigenvalue weighted by molar-refractivity contribution is 6.31. The molecule has 1 heterocycles. The highest BCUT2D eigenvalue weighted by atomic mass is 35.5. The minimum Gasteiger partial charge on any atom is -0.496 e. The van der Waals surface area contributed by atoms with Gasteiger partial charge in [-0.25, -0.2) is 0 Å². The van der Waals surface area contributed by atoms with Gasteiger partial charge in [0.1, 0.15) is 5.75 Å². The third-order valence-corrected chi connectivity index (χ3v) is 4.34. The normalized spacial score (nSPS) is 19.3. The maximum atomic E-state index is 12.6. The molecule has 6 heteroatoms. The van der Waals surface area contributed by atoms with Gasteiger partial charge in [-0.1, -0.05) is 17.7 Å². The summed E-state index contributed by atoms with van der Waals surface area (Å²) >= 11 is 6.07. The van der Waals surface area contributed by atoms with Crippen LogP contribution in [0.2, 0.25) is 5.02 Å². The van der Waals surface area contributed by atoms with E-state index in [1.807, 2.05) is 25.1 Å². The third kappa shape index (κ3) is 2.65. The maximum absolute atomic E-state index is 12.6. The van der Waals surface area contributed by atoms with Gasteiger partial charge < -0.3 is 20.1 Å². The molecular weight excluding hydrogens is 328 g/mol. The van der Waals surface area contributed by atoms with E-state index in [0.29, 0.717) is 34.1 Å². The molecule has 1 amide bonds. The van der Waals surface area contributed by atoms with E-state index in [4.69, 9.17) is 16.3 Å². The van der Waals surface area contributed by atoms with E-state index in [9.17, 15) is 9.90 Å². The molecule has 1 unspecified atom stereocenters. The zero-order valence-electron chi connectivity index (χ0n) is 13.8. The molecule has 0 aliphatic carbocycles. The number of nitrogens with zero attached hydrogens (tertiary/aromatic N) is 1. The molecule has 3 rings (SSSR count). The van der Waals surface area contributed by atoms with Crippen LogP contribution in [0.15, 0.2) is 36.4 Å². The number of hydrogen-bond donors (Lipinski definition) is 2. The Morgan fingerprint density at radius 3 is 2.62 bits per heavy atom. The van der Waals surface area contributed by atoms with Gasteiger partial charge in [-0.2, -0.15) is 0 Å². The molecule has 24 heavy (non-hydrogen) atoms. The molecule has 0 spiro atoms. The monoisotopic (exact) mass is 346 g/mol. The van der Waals surface area contributed by atoms with Crippen LogP contribution < -0.4 is 10.1 Å². The molecule has 0 saturated heterocycles. The molecule has 0 aromatic heterocycles. The van der Waals surface area contributed by atoms with Crippen molar-refractivity contribution in [1.82, 2.24) is 4.90 Å². The van der Waals surface area contributed by atoms with Gasteiger partial charge >= 0.3 is 0 Å². The minimum absolute atomic E-state index is 0.405. The zero-order valence-corrected chi connectivity index (χ0v) is 14.5. The van der Waals surface area contributed by atoms with E-state index in [1.54, 1.807) is 30.3 Å².